The van der Waals surface area contributed by atoms with Crippen LogP contribution in [0.25, 0.3) is 0 Å². The first-order chi connectivity index (χ1) is 11.2. The van der Waals surface area contributed by atoms with Crippen LogP contribution in [0.2, 0.25) is 0 Å². The van der Waals surface area contributed by atoms with Crippen LogP contribution in [0.5, 0.6) is 5.75 Å². The van der Waals surface area contributed by atoms with Gasteiger partial charge in [0.05, 0.1) is 26.3 Å². The molecule has 0 spiro atoms. The number of hydrogen-bond donors (Lipinski definition) is 2. The Bertz CT molecular complexity index is 572. The maximum Gasteiger partial charge on any atom is 0.192 e. The van der Waals surface area contributed by atoms with Crippen LogP contribution in [-0.4, -0.2) is 38.4 Å². The number of hydrogen-bond acceptors (Lipinski definition) is 3. The molecule has 0 aromatic heterocycles. The lowest BCUT2D eigenvalue weighted by atomic mass is 10.1. The Labute approximate surface area is 138 Å². The third-order valence-electron chi connectivity index (χ3n) is 3.51. The number of aliphatic imine (C=N–C) groups is 1. The van der Waals surface area contributed by atoms with E-state index in [-0.39, 0.29) is 6.10 Å². The van der Waals surface area contributed by atoms with Crippen molar-refractivity contribution < 1.29 is 9.47 Å². The zero-order chi connectivity index (χ0) is 16.5. The first-order valence-electron chi connectivity index (χ1n) is 8.02. The van der Waals surface area contributed by atoms with E-state index in [0.29, 0.717) is 25.7 Å². The van der Waals surface area contributed by atoms with Crippen LogP contribution >= 0.6 is 0 Å². The molecule has 23 heavy (non-hydrogen) atoms. The van der Waals surface area contributed by atoms with Crippen molar-refractivity contribution >= 4 is 5.96 Å². The number of nitrogens with one attached hydrogen (secondary N) is 2. The van der Waals surface area contributed by atoms with Crippen molar-refractivity contribution in [3.05, 3.63) is 29.3 Å². The average Bonchev–Trinajstić information content (AvgIpc) is 3.04. The van der Waals surface area contributed by atoms with Gasteiger partial charge in [-0.1, -0.05) is 18.1 Å². The average molecular weight is 315 g/mol. The summed E-state index contributed by atoms with van der Waals surface area (Å²) in [6.45, 7) is 7.27. The number of aryl methyl sites for hydroxylation is 1. The van der Waals surface area contributed by atoms with Crippen molar-refractivity contribution in [3.8, 4) is 18.1 Å². The number of rotatable bonds is 6. The van der Waals surface area contributed by atoms with Crippen molar-refractivity contribution in [1.82, 2.24) is 10.6 Å². The highest BCUT2D eigenvalue weighted by atomic mass is 16.5. The van der Waals surface area contributed by atoms with Gasteiger partial charge in [0.2, 0.25) is 0 Å². The Morgan fingerprint density at radius 3 is 3.04 bits per heavy atom. The molecule has 2 rings (SSSR count). The van der Waals surface area contributed by atoms with E-state index in [2.05, 4.69) is 46.7 Å². The van der Waals surface area contributed by atoms with Gasteiger partial charge in [0.15, 0.2) is 5.96 Å². The summed E-state index contributed by atoms with van der Waals surface area (Å²) in [4.78, 5) is 4.57. The van der Waals surface area contributed by atoms with Gasteiger partial charge in [-0.05, 0) is 25.5 Å². The summed E-state index contributed by atoms with van der Waals surface area (Å²) in [5, 5.41) is 6.26. The van der Waals surface area contributed by atoms with Crippen molar-refractivity contribution in [2.45, 2.75) is 32.9 Å². The fourth-order valence-electron chi connectivity index (χ4n) is 2.33. The number of ether oxygens (including phenoxy) is 2. The Morgan fingerprint density at radius 1 is 1.48 bits per heavy atom. The van der Waals surface area contributed by atoms with E-state index in [1.807, 2.05) is 6.92 Å². The molecule has 1 atom stereocenters. The molecule has 1 aromatic carbocycles. The Kier molecular flexibility index (Phi) is 6.76. The molecule has 0 amide bonds. The summed E-state index contributed by atoms with van der Waals surface area (Å²) < 4.78 is 11.5. The standard InChI is InChI=1S/C18H25N3O2/c1-4-9-20-18(19-5-2)21-12-15-7-6-14(3)11-17(15)23-16-8-10-22-13-16/h1,6-7,11,16H,5,8-10,12-13H2,2-3H3,(H2,19,20,21). The lowest BCUT2D eigenvalue weighted by Gasteiger charge is -2.16. The minimum absolute atomic E-state index is 0.132. The van der Waals surface area contributed by atoms with E-state index in [4.69, 9.17) is 15.9 Å². The van der Waals surface area contributed by atoms with Gasteiger partial charge in [-0.3, -0.25) is 0 Å². The SMILES string of the molecule is C#CCNC(=NCc1ccc(C)cc1OC1CCOC1)NCC. The highest BCUT2D eigenvalue weighted by molar-refractivity contribution is 5.80. The monoisotopic (exact) mass is 315 g/mol. The minimum Gasteiger partial charge on any atom is -0.488 e. The fourth-order valence-corrected chi connectivity index (χ4v) is 2.33. The van der Waals surface area contributed by atoms with Gasteiger partial charge < -0.3 is 20.1 Å². The molecule has 1 saturated heterocycles. The minimum atomic E-state index is 0.132. The Balaban J connectivity index is 2.09. The van der Waals surface area contributed by atoms with Gasteiger partial charge in [-0.2, -0.15) is 0 Å². The predicted octanol–water partition coefficient (Wildman–Crippen LogP) is 1.85. The summed E-state index contributed by atoms with van der Waals surface area (Å²) in [6.07, 6.45) is 6.35. The quantitative estimate of drug-likeness (QED) is 0.478. The van der Waals surface area contributed by atoms with Gasteiger partial charge in [0.25, 0.3) is 0 Å². The van der Waals surface area contributed by atoms with Crippen LogP contribution in [-0.2, 0) is 11.3 Å². The second-order valence-corrected chi connectivity index (χ2v) is 5.47. The fraction of sp³-hybridized carbons (Fsp3) is 0.500. The molecule has 5 nitrogen and oxygen atoms in total. The maximum atomic E-state index is 6.09. The summed E-state index contributed by atoms with van der Waals surface area (Å²) in [6, 6.07) is 6.20. The topological polar surface area (TPSA) is 54.9 Å². The van der Waals surface area contributed by atoms with Crippen LogP contribution in [0, 0.1) is 19.3 Å². The van der Waals surface area contributed by atoms with E-state index >= 15 is 0 Å². The van der Waals surface area contributed by atoms with E-state index in [0.717, 1.165) is 30.9 Å². The highest BCUT2D eigenvalue weighted by Crippen LogP contribution is 2.24. The largest absolute Gasteiger partial charge is 0.488 e. The summed E-state index contributed by atoms with van der Waals surface area (Å²) in [5.74, 6) is 4.15. The number of guanidine groups is 1. The van der Waals surface area contributed by atoms with Crippen molar-refractivity contribution in [2.75, 3.05) is 26.3 Å². The van der Waals surface area contributed by atoms with Crippen LogP contribution in [0.4, 0.5) is 0 Å². The molecule has 1 aromatic rings. The van der Waals surface area contributed by atoms with E-state index in [9.17, 15) is 0 Å². The summed E-state index contributed by atoms with van der Waals surface area (Å²) >= 11 is 0. The molecule has 2 N–H and O–H groups in total. The van der Waals surface area contributed by atoms with Gasteiger partial charge >= 0.3 is 0 Å². The molecule has 5 heteroatoms. The third kappa shape index (κ3) is 5.50. The van der Waals surface area contributed by atoms with Crippen molar-refractivity contribution in [2.24, 2.45) is 4.99 Å². The van der Waals surface area contributed by atoms with Crippen molar-refractivity contribution in [1.29, 1.82) is 0 Å². The number of nitrogens with zero attached hydrogens (tertiary/aromatic N) is 1. The zero-order valence-corrected chi connectivity index (χ0v) is 13.9. The molecule has 1 unspecified atom stereocenters. The third-order valence-corrected chi connectivity index (χ3v) is 3.51. The van der Waals surface area contributed by atoms with Crippen LogP contribution in [0.1, 0.15) is 24.5 Å². The first kappa shape index (κ1) is 17.2. The molecule has 1 heterocycles. The van der Waals surface area contributed by atoms with Crippen LogP contribution in [0.15, 0.2) is 23.2 Å². The Morgan fingerprint density at radius 2 is 2.35 bits per heavy atom. The van der Waals surface area contributed by atoms with E-state index in [1.165, 1.54) is 5.56 Å². The first-order valence-corrected chi connectivity index (χ1v) is 8.02. The molecule has 1 aliphatic rings. The van der Waals surface area contributed by atoms with Gasteiger partial charge in [-0.25, -0.2) is 4.99 Å². The zero-order valence-electron chi connectivity index (χ0n) is 13.9. The lowest BCUT2D eigenvalue weighted by Crippen LogP contribution is -2.37. The summed E-state index contributed by atoms with van der Waals surface area (Å²) in [7, 11) is 0. The van der Waals surface area contributed by atoms with Gasteiger partial charge in [0, 0.05) is 18.5 Å². The number of terminal acetylenes is 1. The molecule has 0 bridgehead atoms. The maximum absolute atomic E-state index is 6.09. The normalized spacial score (nSPS) is 17.6. The van der Waals surface area contributed by atoms with E-state index < -0.39 is 0 Å². The lowest BCUT2D eigenvalue weighted by molar-refractivity contribution is 0.140. The molecule has 124 valence electrons. The number of benzene rings is 1. The molecule has 1 aliphatic heterocycles. The Hall–Kier alpha value is -2.19. The second-order valence-electron chi connectivity index (χ2n) is 5.47. The molecular weight excluding hydrogens is 290 g/mol. The molecule has 0 saturated carbocycles. The van der Waals surface area contributed by atoms with Crippen molar-refractivity contribution in [3.63, 3.8) is 0 Å². The predicted molar refractivity (Wildman–Crippen MR) is 92.7 cm³/mol. The summed E-state index contributed by atoms with van der Waals surface area (Å²) in [5.41, 5.74) is 2.23. The van der Waals surface area contributed by atoms with Crippen LogP contribution in [0.3, 0.4) is 0 Å². The highest BCUT2D eigenvalue weighted by Gasteiger charge is 2.18. The van der Waals surface area contributed by atoms with Gasteiger partial charge in [-0.15, -0.1) is 6.42 Å². The smallest absolute Gasteiger partial charge is 0.192 e. The molecule has 1 fully saturated rings. The molecular formula is C18H25N3O2. The second kappa shape index (κ2) is 9.06. The van der Waals surface area contributed by atoms with E-state index in [1.54, 1.807) is 0 Å². The van der Waals surface area contributed by atoms with Crippen LogP contribution < -0.4 is 15.4 Å². The molecule has 0 radical (unpaired) electrons. The molecule has 0 aliphatic carbocycles. The van der Waals surface area contributed by atoms with Gasteiger partial charge in [0.1, 0.15) is 11.9 Å².